The Morgan fingerprint density at radius 2 is 1.12 bits per heavy atom. The Bertz CT molecular complexity index is 425. The molecule has 0 spiro atoms. The van der Waals surface area contributed by atoms with Gasteiger partial charge in [-0.05, 0) is 13.1 Å². The van der Waals surface area contributed by atoms with Gasteiger partial charge in [0.15, 0.2) is 9.04 Å². The molecule has 0 aliphatic carbocycles. The Balaban J connectivity index is 5.24. The molecule has 0 aromatic heterocycles. The molecule has 0 N–H and O–H groups in total. The van der Waals surface area contributed by atoms with E-state index in [1.807, 2.05) is 13.1 Å². The first-order chi connectivity index (χ1) is 11.3. The van der Waals surface area contributed by atoms with Gasteiger partial charge in [0, 0.05) is 24.8 Å². The molecule has 0 bridgehead atoms. The second-order valence-corrected chi connectivity index (χ2v) is 7.73. The minimum Gasteiger partial charge on any atom is -0.462 e. The quantitative estimate of drug-likeness (QED) is 0.224. The minimum atomic E-state index is -1.42. The third kappa shape index (κ3) is 9.06. The van der Waals surface area contributed by atoms with Crippen molar-refractivity contribution in [1.82, 2.24) is 0 Å². The molecule has 0 aromatic carbocycles. The molecule has 0 atom stereocenters. The summed E-state index contributed by atoms with van der Waals surface area (Å²) in [5.41, 5.74) is -1.03. The molecule has 0 rings (SSSR count). The number of hydrogen-bond acceptors (Lipinski definition) is 7. The number of rotatable bonds is 12. The average molecular weight is 356 g/mol. The predicted octanol–water partition coefficient (Wildman–Crippen LogP) is 1.16. The predicted molar refractivity (Wildman–Crippen MR) is 90.7 cm³/mol. The maximum absolute atomic E-state index is 11.4. The normalized spacial score (nSPS) is 10.6. The van der Waals surface area contributed by atoms with E-state index >= 15 is 0 Å². The lowest BCUT2D eigenvalue weighted by Gasteiger charge is -2.32. The van der Waals surface area contributed by atoms with Gasteiger partial charge in [0.25, 0.3) is 0 Å². The van der Waals surface area contributed by atoms with Gasteiger partial charge in [-0.15, -0.1) is 0 Å². The molecule has 0 fully saturated rings. The van der Waals surface area contributed by atoms with E-state index < -0.39 is 32.4 Å². The molecule has 134 valence electrons. The molecule has 0 heterocycles. The summed E-state index contributed by atoms with van der Waals surface area (Å²) in [6.07, 6.45) is 3.02. The van der Waals surface area contributed by atoms with Gasteiger partial charge in [0.2, 0.25) is 0 Å². The Kier molecular flexibility index (Phi) is 10.3. The van der Waals surface area contributed by atoms with Crippen LogP contribution < -0.4 is 0 Å². The van der Waals surface area contributed by atoms with Crippen molar-refractivity contribution in [2.24, 2.45) is 5.41 Å². The van der Waals surface area contributed by atoms with Crippen LogP contribution in [0.3, 0.4) is 0 Å². The molecule has 0 aromatic rings. The highest BCUT2D eigenvalue weighted by molar-refractivity contribution is 6.48. The topological polar surface area (TPSA) is 88.1 Å². The van der Waals surface area contributed by atoms with Gasteiger partial charge in [-0.25, -0.2) is 14.4 Å². The zero-order chi connectivity index (χ0) is 18.6. The van der Waals surface area contributed by atoms with Crippen LogP contribution >= 0.6 is 0 Å². The van der Waals surface area contributed by atoms with E-state index in [1.165, 1.54) is 0 Å². The largest absolute Gasteiger partial charge is 0.462 e. The van der Waals surface area contributed by atoms with Crippen LogP contribution in [0.5, 0.6) is 0 Å². The smallest absolute Gasteiger partial charge is 0.330 e. The fourth-order valence-electron chi connectivity index (χ4n) is 1.44. The summed E-state index contributed by atoms with van der Waals surface area (Å²) in [5.74, 6) is -1.94. The second kappa shape index (κ2) is 11.4. The van der Waals surface area contributed by atoms with Crippen LogP contribution in [0, 0.1) is 5.41 Å². The summed E-state index contributed by atoms with van der Waals surface area (Å²) in [6, 6.07) is 0. The lowest BCUT2D eigenvalue weighted by molar-refractivity contribution is -0.158. The zero-order valence-electron chi connectivity index (χ0n) is 14.1. The van der Waals surface area contributed by atoms with Crippen molar-refractivity contribution in [3.63, 3.8) is 0 Å². The number of hydrogen-bond donors (Lipinski definition) is 0. The van der Waals surface area contributed by atoms with Crippen molar-refractivity contribution in [1.29, 1.82) is 0 Å². The monoisotopic (exact) mass is 356 g/mol. The fourth-order valence-corrected chi connectivity index (χ4v) is 2.13. The SMILES string of the molecule is C=CC(=O)OCC(COC(=O)C=C)(COC(=O)C=C)CO[SiH](C)C. The van der Waals surface area contributed by atoms with Crippen molar-refractivity contribution < 1.29 is 33.0 Å². The van der Waals surface area contributed by atoms with Crippen molar-refractivity contribution in [2.45, 2.75) is 13.1 Å². The van der Waals surface area contributed by atoms with Crippen LogP contribution in [0.4, 0.5) is 0 Å². The third-order valence-corrected chi connectivity index (χ3v) is 3.62. The van der Waals surface area contributed by atoms with Crippen LogP contribution in [0.15, 0.2) is 38.0 Å². The fraction of sp³-hybridized carbons (Fsp3) is 0.438. The van der Waals surface area contributed by atoms with E-state index in [0.717, 1.165) is 18.2 Å². The summed E-state index contributed by atoms with van der Waals surface area (Å²) < 4.78 is 20.9. The van der Waals surface area contributed by atoms with Gasteiger partial charge in [-0.3, -0.25) is 0 Å². The molecular formula is C16H24O7Si. The van der Waals surface area contributed by atoms with E-state index in [4.69, 9.17) is 18.6 Å². The molecule has 0 unspecified atom stereocenters. The van der Waals surface area contributed by atoms with Crippen molar-refractivity contribution in [2.75, 3.05) is 26.4 Å². The molecule has 8 heteroatoms. The van der Waals surface area contributed by atoms with E-state index in [9.17, 15) is 14.4 Å². The highest BCUT2D eigenvalue weighted by Gasteiger charge is 2.36. The number of ether oxygens (including phenoxy) is 3. The van der Waals surface area contributed by atoms with Crippen molar-refractivity contribution in [3.8, 4) is 0 Å². The highest BCUT2D eigenvalue weighted by atomic mass is 28.3. The van der Waals surface area contributed by atoms with Crippen LogP contribution in [-0.2, 0) is 33.0 Å². The highest BCUT2D eigenvalue weighted by Crippen LogP contribution is 2.22. The van der Waals surface area contributed by atoms with Crippen LogP contribution in [0.2, 0.25) is 13.1 Å². The maximum Gasteiger partial charge on any atom is 0.330 e. The van der Waals surface area contributed by atoms with Crippen molar-refractivity contribution in [3.05, 3.63) is 38.0 Å². The summed E-state index contributed by atoms with van der Waals surface area (Å²) in [4.78, 5) is 34.1. The van der Waals surface area contributed by atoms with Crippen molar-refractivity contribution >= 4 is 26.9 Å². The Morgan fingerprint density at radius 3 is 1.38 bits per heavy atom. The average Bonchev–Trinajstić information content (AvgIpc) is 2.59. The van der Waals surface area contributed by atoms with Crippen LogP contribution in [-0.4, -0.2) is 53.4 Å². The van der Waals surface area contributed by atoms with Gasteiger partial charge >= 0.3 is 17.9 Å². The molecule has 0 radical (unpaired) electrons. The molecule has 24 heavy (non-hydrogen) atoms. The molecule has 0 aliphatic rings. The van der Waals surface area contributed by atoms with E-state index in [-0.39, 0.29) is 26.4 Å². The summed E-state index contributed by atoms with van der Waals surface area (Å²) >= 11 is 0. The molecule has 0 saturated heterocycles. The standard InChI is InChI=1S/C16H24O7Si/c1-6-13(17)20-9-16(12-23-24(4)5,10-21-14(18)7-2)11-22-15(19)8-3/h6-8,24H,1-3,9-12H2,4-5H3. The summed E-state index contributed by atoms with van der Waals surface area (Å²) in [5, 5.41) is 0. The van der Waals surface area contributed by atoms with Gasteiger partial charge in [0.1, 0.15) is 19.8 Å². The molecule has 0 amide bonds. The van der Waals surface area contributed by atoms with Gasteiger partial charge in [0.05, 0.1) is 5.41 Å². The molecule has 0 saturated carbocycles. The number of carbonyl (C=O) groups is 3. The molecule has 7 nitrogen and oxygen atoms in total. The van der Waals surface area contributed by atoms with E-state index in [2.05, 4.69) is 19.7 Å². The lowest BCUT2D eigenvalue weighted by Crippen LogP contribution is -2.44. The lowest BCUT2D eigenvalue weighted by atomic mass is 9.92. The van der Waals surface area contributed by atoms with Crippen LogP contribution in [0.1, 0.15) is 0 Å². The molecular weight excluding hydrogens is 332 g/mol. The van der Waals surface area contributed by atoms with Crippen LogP contribution in [0.25, 0.3) is 0 Å². The van der Waals surface area contributed by atoms with E-state index in [0.29, 0.717) is 0 Å². The Labute approximate surface area is 143 Å². The Morgan fingerprint density at radius 1 is 0.792 bits per heavy atom. The first-order valence-electron chi connectivity index (χ1n) is 7.27. The van der Waals surface area contributed by atoms with E-state index in [1.54, 1.807) is 0 Å². The zero-order valence-corrected chi connectivity index (χ0v) is 15.3. The minimum absolute atomic E-state index is 0.0934. The van der Waals surface area contributed by atoms with Gasteiger partial charge < -0.3 is 18.6 Å². The summed E-state index contributed by atoms with van der Waals surface area (Å²) in [6.45, 7) is 13.4. The number of esters is 3. The third-order valence-electron chi connectivity index (χ3n) is 2.78. The first-order valence-corrected chi connectivity index (χ1v) is 10.1. The molecule has 0 aliphatic heterocycles. The van der Waals surface area contributed by atoms with Gasteiger partial charge in [-0.1, -0.05) is 19.7 Å². The number of carbonyl (C=O) groups excluding carboxylic acids is 3. The summed E-state index contributed by atoms with van der Waals surface area (Å²) in [7, 11) is -1.42. The second-order valence-electron chi connectivity index (χ2n) is 5.30. The van der Waals surface area contributed by atoms with Gasteiger partial charge in [-0.2, -0.15) is 0 Å². The maximum atomic E-state index is 11.4. The first kappa shape index (κ1) is 21.8. The Hall–Kier alpha value is -2.19.